The molecule has 2 N–H and O–H groups in total. The molecule has 8 heteroatoms. The van der Waals surface area contributed by atoms with Crippen molar-refractivity contribution in [2.45, 2.75) is 58.2 Å². The maximum Gasteiger partial charge on any atom is 0.410 e. The minimum atomic E-state index is -0.993. The Bertz CT molecular complexity index is 700. The number of carbonyl (C=O) groups is 3. The SMILES string of the molecule is CC(C)C(OC(=O)NCCC(C(=O)O)c1ccc(Cl)cc1)OC(=O)C1CCCC1. The maximum atomic E-state index is 12.2. The fraction of sp³-hybridized carbons (Fsp3) is 0.571. The monoisotopic (exact) mass is 425 g/mol. The van der Waals surface area contributed by atoms with Gasteiger partial charge in [0.25, 0.3) is 6.29 Å². The summed E-state index contributed by atoms with van der Waals surface area (Å²) in [6, 6.07) is 6.55. The molecule has 0 saturated heterocycles. The number of esters is 1. The van der Waals surface area contributed by atoms with Gasteiger partial charge in [0.1, 0.15) is 0 Å². The Kier molecular flexibility index (Phi) is 8.76. The molecule has 7 nitrogen and oxygen atoms in total. The molecular weight excluding hydrogens is 398 g/mol. The van der Waals surface area contributed by atoms with E-state index in [1.165, 1.54) is 0 Å². The van der Waals surface area contributed by atoms with Crippen molar-refractivity contribution in [1.82, 2.24) is 5.32 Å². The Morgan fingerprint density at radius 1 is 1.14 bits per heavy atom. The molecule has 1 aromatic rings. The third-order valence-corrected chi connectivity index (χ3v) is 5.21. The number of hydrogen-bond donors (Lipinski definition) is 2. The molecule has 1 saturated carbocycles. The Hall–Kier alpha value is -2.28. The molecule has 1 amide bonds. The minimum absolute atomic E-state index is 0.0970. The molecule has 2 atom stereocenters. The van der Waals surface area contributed by atoms with Gasteiger partial charge < -0.3 is 19.9 Å². The number of benzene rings is 1. The first kappa shape index (κ1) is 23.0. The summed E-state index contributed by atoms with van der Waals surface area (Å²) < 4.78 is 10.6. The van der Waals surface area contributed by atoms with E-state index in [0.29, 0.717) is 10.6 Å². The second-order valence-corrected chi connectivity index (χ2v) is 8.03. The Labute approximate surface area is 175 Å². The summed E-state index contributed by atoms with van der Waals surface area (Å²) in [5, 5.41) is 12.5. The number of hydrogen-bond acceptors (Lipinski definition) is 5. The molecule has 2 rings (SSSR count). The highest BCUT2D eigenvalue weighted by Crippen LogP contribution is 2.27. The van der Waals surface area contributed by atoms with E-state index >= 15 is 0 Å². The van der Waals surface area contributed by atoms with Crippen LogP contribution in [0.3, 0.4) is 0 Å². The van der Waals surface area contributed by atoms with E-state index in [-0.39, 0.29) is 30.8 Å². The van der Waals surface area contributed by atoms with Gasteiger partial charge in [0.2, 0.25) is 0 Å². The molecule has 1 aliphatic carbocycles. The van der Waals surface area contributed by atoms with Crippen molar-refractivity contribution in [3.63, 3.8) is 0 Å². The number of halogens is 1. The lowest BCUT2D eigenvalue weighted by Gasteiger charge is -2.23. The summed E-state index contributed by atoms with van der Waals surface area (Å²) in [6.45, 7) is 3.68. The van der Waals surface area contributed by atoms with Crippen molar-refractivity contribution < 1.29 is 29.0 Å². The summed E-state index contributed by atoms with van der Waals surface area (Å²) >= 11 is 5.84. The molecule has 1 aliphatic rings. The highest BCUT2D eigenvalue weighted by atomic mass is 35.5. The number of carbonyl (C=O) groups excluding carboxylic acids is 2. The summed E-state index contributed by atoms with van der Waals surface area (Å²) in [7, 11) is 0. The summed E-state index contributed by atoms with van der Waals surface area (Å²) in [4.78, 5) is 35.8. The lowest BCUT2D eigenvalue weighted by atomic mass is 9.96. The first-order valence-corrected chi connectivity index (χ1v) is 10.3. The quantitative estimate of drug-likeness (QED) is 0.450. The molecule has 0 spiro atoms. The lowest BCUT2D eigenvalue weighted by Crippen LogP contribution is -2.36. The Morgan fingerprint density at radius 3 is 2.31 bits per heavy atom. The van der Waals surface area contributed by atoms with Gasteiger partial charge in [0.15, 0.2) is 0 Å². The van der Waals surface area contributed by atoms with Crippen LogP contribution in [0.2, 0.25) is 5.02 Å². The van der Waals surface area contributed by atoms with E-state index in [2.05, 4.69) is 5.32 Å². The normalized spacial score (nSPS) is 16.3. The Balaban J connectivity index is 1.83. The van der Waals surface area contributed by atoms with Gasteiger partial charge in [-0.3, -0.25) is 9.59 Å². The van der Waals surface area contributed by atoms with Crippen LogP contribution < -0.4 is 5.32 Å². The van der Waals surface area contributed by atoms with Gasteiger partial charge in [-0.25, -0.2) is 4.79 Å². The third kappa shape index (κ3) is 7.24. The lowest BCUT2D eigenvalue weighted by molar-refractivity contribution is -0.179. The molecule has 1 fully saturated rings. The number of nitrogens with one attached hydrogen (secondary N) is 1. The van der Waals surface area contributed by atoms with Crippen LogP contribution in [0.4, 0.5) is 4.79 Å². The average molecular weight is 426 g/mol. The van der Waals surface area contributed by atoms with Gasteiger partial charge in [-0.15, -0.1) is 0 Å². The fourth-order valence-electron chi connectivity index (χ4n) is 3.26. The van der Waals surface area contributed by atoms with Crippen molar-refractivity contribution in [2.24, 2.45) is 11.8 Å². The zero-order chi connectivity index (χ0) is 21.4. The molecule has 0 aliphatic heterocycles. The van der Waals surface area contributed by atoms with Crippen LogP contribution >= 0.6 is 11.6 Å². The van der Waals surface area contributed by atoms with Crippen LogP contribution in [-0.4, -0.2) is 36.0 Å². The van der Waals surface area contributed by atoms with E-state index in [4.69, 9.17) is 21.1 Å². The van der Waals surface area contributed by atoms with Gasteiger partial charge in [-0.05, 0) is 37.0 Å². The number of carboxylic acid groups (broad SMARTS) is 1. The van der Waals surface area contributed by atoms with Gasteiger partial charge in [0.05, 0.1) is 11.8 Å². The molecule has 0 aromatic heterocycles. The second kappa shape index (κ2) is 11.0. The number of amides is 1. The van der Waals surface area contributed by atoms with Crippen molar-refractivity contribution in [2.75, 3.05) is 6.54 Å². The number of ether oxygens (including phenoxy) is 2. The van der Waals surface area contributed by atoms with E-state index in [9.17, 15) is 19.5 Å². The minimum Gasteiger partial charge on any atom is -0.481 e. The van der Waals surface area contributed by atoms with E-state index in [0.717, 1.165) is 25.7 Å². The first-order chi connectivity index (χ1) is 13.8. The third-order valence-electron chi connectivity index (χ3n) is 4.96. The number of carboxylic acids is 1. The first-order valence-electron chi connectivity index (χ1n) is 9.91. The van der Waals surface area contributed by atoms with E-state index in [1.54, 1.807) is 38.1 Å². The number of alkyl carbamates (subject to hydrolysis) is 1. The van der Waals surface area contributed by atoms with Crippen molar-refractivity contribution in [3.8, 4) is 0 Å². The predicted octanol–water partition coefficient (Wildman–Crippen LogP) is 4.34. The predicted molar refractivity (Wildman–Crippen MR) is 108 cm³/mol. The van der Waals surface area contributed by atoms with Crippen LogP contribution in [0.15, 0.2) is 24.3 Å². The summed E-state index contributed by atoms with van der Waals surface area (Å²) in [6.07, 6.45) is 2.07. The van der Waals surface area contributed by atoms with E-state index in [1.807, 2.05) is 0 Å². The zero-order valence-corrected chi connectivity index (χ0v) is 17.5. The van der Waals surface area contributed by atoms with Crippen LogP contribution in [0.1, 0.15) is 57.4 Å². The molecule has 0 heterocycles. The smallest absolute Gasteiger partial charge is 0.410 e. The highest BCUT2D eigenvalue weighted by molar-refractivity contribution is 6.30. The highest BCUT2D eigenvalue weighted by Gasteiger charge is 2.29. The summed E-state index contributed by atoms with van der Waals surface area (Å²) in [5.41, 5.74) is 0.600. The second-order valence-electron chi connectivity index (χ2n) is 7.59. The molecule has 1 aromatic carbocycles. The standard InChI is InChI=1S/C21H28ClNO6/c1-13(2)20(28-19(26)15-5-3-4-6-15)29-21(27)23-12-11-17(18(24)25)14-7-9-16(22)10-8-14/h7-10,13,15,17,20H,3-6,11-12H2,1-2H3,(H,23,27)(H,24,25). The fourth-order valence-corrected chi connectivity index (χ4v) is 3.39. The summed E-state index contributed by atoms with van der Waals surface area (Å²) in [5.74, 6) is -2.44. The average Bonchev–Trinajstić information content (AvgIpc) is 3.20. The van der Waals surface area contributed by atoms with Gasteiger partial charge in [-0.1, -0.05) is 50.4 Å². The largest absolute Gasteiger partial charge is 0.481 e. The molecule has 0 bridgehead atoms. The van der Waals surface area contributed by atoms with Crippen LogP contribution in [0.5, 0.6) is 0 Å². The van der Waals surface area contributed by atoms with Crippen molar-refractivity contribution in [3.05, 3.63) is 34.9 Å². The van der Waals surface area contributed by atoms with Crippen molar-refractivity contribution in [1.29, 1.82) is 0 Å². The maximum absolute atomic E-state index is 12.2. The number of aliphatic carboxylic acids is 1. The van der Waals surface area contributed by atoms with E-state index < -0.39 is 24.3 Å². The molecule has 0 radical (unpaired) electrons. The van der Waals surface area contributed by atoms with Gasteiger partial charge >= 0.3 is 18.0 Å². The topological polar surface area (TPSA) is 102 Å². The Morgan fingerprint density at radius 2 is 1.76 bits per heavy atom. The van der Waals surface area contributed by atoms with Crippen LogP contribution in [-0.2, 0) is 19.1 Å². The zero-order valence-electron chi connectivity index (χ0n) is 16.7. The van der Waals surface area contributed by atoms with Crippen LogP contribution in [0.25, 0.3) is 0 Å². The molecule has 2 unspecified atom stereocenters. The molecular formula is C21H28ClNO6. The molecule has 160 valence electrons. The van der Waals surface area contributed by atoms with Gasteiger partial charge in [-0.2, -0.15) is 0 Å². The van der Waals surface area contributed by atoms with Crippen molar-refractivity contribution >= 4 is 29.6 Å². The number of rotatable bonds is 9. The molecule has 29 heavy (non-hydrogen) atoms. The van der Waals surface area contributed by atoms with Crippen LogP contribution in [0, 0.1) is 11.8 Å². The van der Waals surface area contributed by atoms with Gasteiger partial charge in [0, 0.05) is 17.5 Å².